The zero-order chi connectivity index (χ0) is 15.2. The second-order valence-corrected chi connectivity index (χ2v) is 6.07. The van der Waals surface area contributed by atoms with Crippen molar-refractivity contribution in [1.29, 1.82) is 0 Å². The molecule has 1 unspecified atom stereocenters. The minimum Gasteiger partial charge on any atom is -0.497 e. The Labute approximate surface area is 138 Å². The molecule has 0 aliphatic carbocycles. The van der Waals surface area contributed by atoms with Crippen LogP contribution in [0.2, 0.25) is 0 Å². The average Bonchev–Trinajstić information content (AvgIpc) is 2.49. The van der Waals surface area contributed by atoms with Gasteiger partial charge in [0.2, 0.25) is 0 Å². The molecule has 4 heteroatoms. The number of methoxy groups -OCH3 is 1. The van der Waals surface area contributed by atoms with Gasteiger partial charge in [0.1, 0.15) is 11.6 Å². The molecule has 0 aliphatic heterocycles. The van der Waals surface area contributed by atoms with Crippen molar-refractivity contribution in [2.75, 3.05) is 13.7 Å². The number of benzene rings is 2. The Bertz CT molecular complexity index is 586. The van der Waals surface area contributed by atoms with Gasteiger partial charge in [-0.1, -0.05) is 25.1 Å². The summed E-state index contributed by atoms with van der Waals surface area (Å²) in [6.45, 7) is 2.82. The molecular formula is C17H19FINO. The van der Waals surface area contributed by atoms with Gasteiger partial charge in [-0.2, -0.15) is 0 Å². The first-order valence-electron chi connectivity index (χ1n) is 6.95. The maximum Gasteiger partial charge on any atom is 0.131 e. The van der Waals surface area contributed by atoms with E-state index < -0.39 is 0 Å². The summed E-state index contributed by atoms with van der Waals surface area (Å²) in [6.07, 6.45) is 0.758. The molecule has 0 radical (unpaired) electrons. The maximum atomic E-state index is 14.3. The Kier molecular flexibility index (Phi) is 5.99. The molecule has 2 aromatic carbocycles. The van der Waals surface area contributed by atoms with E-state index in [1.54, 1.807) is 19.2 Å². The van der Waals surface area contributed by atoms with Crippen molar-refractivity contribution in [3.8, 4) is 5.75 Å². The van der Waals surface area contributed by atoms with Crippen LogP contribution >= 0.6 is 22.6 Å². The highest BCUT2D eigenvalue weighted by molar-refractivity contribution is 14.1. The van der Waals surface area contributed by atoms with Crippen molar-refractivity contribution >= 4 is 22.6 Å². The first kappa shape index (κ1) is 16.2. The van der Waals surface area contributed by atoms with E-state index >= 15 is 0 Å². The Balaban J connectivity index is 2.24. The lowest BCUT2D eigenvalue weighted by molar-refractivity contribution is 0.409. The van der Waals surface area contributed by atoms with Gasteiger partial charge in [-0.15, -0.1) is 0 Å². The van der Waals surface area contributed by atoms with Crippen LogP contribution < -0.4 is 10.1 Å². The van der Waals surface area contributed by atoms with E-state index in [1.165, 1.54) is 15.2 Å². The second-order valence-electron chi connectivity index (χ2n) is 4.83. The third-order valence-corrected chi connectivity index (χ3v) is 4.11. The molecule has 0 spiro atoms. The van der Waals surface area contributed by atoms with Crippen LogP contribution in [0.15, 0.2) is 42.5 Å². The van der Waals surface area contributed by atoms with Crippen molar-refractivity contribution in [2.45, 2.75) is 19.4 Å². The highest BCUT2D eigenvalue weighted by atomic mass is 127. The van der Waals surface area contributed by atoms with Crippen LogP contribution in [0.3, 0.4) is 0 Å². The molecule has 0 saturated heterocycles. The smallest absolute Gasteiger partial charge is 0.131 e. The molecule has 0 aliphatic rings. The molecule has 1 N–H and O–H groups in total. The van der Waals surface area contributed by atoms with Crippen LogP contribution in [0.5, 0.6) is 5.75 Å². The third-order valence-electron chi connectivity index (χ3n) is 3.39. The molecule has 0 bridgehead atoms. The second kappa shape index (κ2) is 7.75. The van der Waals surface area contributed by atoms with Gasteiger partial charge in [-0.3, -0.25) is 0 Å². The van der Waals surface area contributed by atoms with E-state index in [2.05, 4.69) is 52.2 Å². The van der Waals surface area contributed by atoms with Gasteiger partial charge in [0.05, 0.1) is 7.11 Å². The summed E-state index contributed by atoms with van der Waals surface area (Å²) >= 11 is 2.28. The standard InChI is InChI=1S/C17H19FINO/c1-3-20-17(10-12-4-6-13(19)7-5-12)15-9-8-14(21-2)11-16(15)18/h4-9,11,17,20H,3,10H2,1-2H3. The van der Waals surface area contributed by atoms with Crippen LogP contribution in [-0.2, 0) is 6.42 Å². The highest BCUT2D eigenvalue weighted by Gasteiger charge is 2.16. The van der Waals surface area contributed by atoms with E-state index in [-0.39, 0.29) is 11.9 Å². The predicted molar refractivity (Wildman–Crippen MR) is 92.2 cm³/mol. The SMILES string of the molecule is CCNC(Cc1ccc(I)cc1)c1ccc(OC)cc1F. The number of rotatable bonds is 6. The number of hydrogen-bond donors (Lipinski definition) is 1. The van der Waals surface area contributed by atoms with Gasteiger partial charge in [-0.25, -0.2) is 4.39 Å². The van der Waals surface area contributed by atoms with Crippen LogP contribution in [-0.4, -0.2) is 13.7 Å². The van der Waals surface area contributed by atoms with E-state index in [0.29, 0.717) is 11.3 Å². The Morgan fingerprint density at radius 2 is 1.90 bits per heavy atom. The molecule has 2 nitrogen and oxygen atoms in total. The van der Waals surface area contributed by atoms with E-state index in [1.807, 2.05) is 6.92 Å². The topological polar surface area (TPSA) is 21.3 Å². The molecule has 0 amide bonds. The average molecular weight is 399 g/mol. The van der Waals surface area contributed by atoms with Crippen LogP contribution in [0.4, 0.5) is 4.39 Å². The summed E-state index contributed by atoms with van der Waals surface area (Å²) in [5, 5.41) is 3.36. The van der Waals surface area contributed by atoms with Crippen molar-refractivity contribution in [3.05, 3.63) is 63.0 Å². The Morgan fingerprint density at radius 3 is 2.48 bits per heavy atom. The van der Waals surface area contributed by atoms with Gasteiger partial charge in [0.25, 0.3) is 0 Å². The Hall–Kier alpha value is -1.14. The molecule has 2 aromatic rings. The molecule has 0 fully saturated rings. The number of hydrogen-bond acceptors (Lipinski definition) is 2. The van der Waals surface area contributed by atoms with Crippen LogP contribution in [0, 0.1) is 9.39 Å². The summed E-state index contributed by atoms with van der Waals surface area (Å²) in [4.78, 5) is 0. The lowest BCUT2D eigenvalue weighted by atomic mass is 9.98. The number of nitrogens with one attached hydrogen (secondary N) is 1. The zero-order valence-corrected chi connectivity index (χ0v) is 14.4. The maximum absolute atomic E-state index is 14.3. The quantitative estimate of drug-likeness (QED) is 0.731. The number of ether oxygens (including phenoxy) is 1. The molecule has 0 aromatic heterocycles. The molecule has 0 heterocycles. The van der Waals surface area contributed by atoms with Gasteiger partial charge >= 0.3 is 0 Å². The fourth-order valence-electron chi connectivity index (χ4n) is 2.31. The molecule has 21 heavy (non-hydrogen) atoms. The van der Waals surface area contributed by atoms with E-state index in [9.17, 15) is 4.39 Å². The first-order chi connectivity index (χ1) is 10.1. The van der Waals surface area contributed by atoms with Crippen molar-refractivity contribution < 1.29 is 9.13 Å². The highest BCUT2D eigenvalue weighted by Crippen LogP contribution is 2.25. The summed E-state index contributed by atoms with van der Waals surface area (Å²) < 4.78 is 20.5. The Morgan fingerprint density at radius 1 is 1.19 bits per heavy atom. The molecule has 1 atom stereocenters. The predicted octanol–water partition coefficient (Wildman–Crippen LogP) is 4.33. The lowest BCUT2D eigenvalue weighted by Gasteiger charge is -2.19. The summed E-state index contributed by atoms with van der Waals surface area (Å²) in [5.74, 6) is 0.312. The first-order valence-corrected chi connectivity index (χ1v) is 8.03. The normalized spacial score (nSPS) is 12.2. The summed E-state index contributed by atoms with van der Waals surface area (Å²) in [7, 11) is 1.54. The van der Waals surface area contributed by atoms with E-state index in [0.717, 1.165) is 13.0 Å². The lowest BCUT2D eigenvalue weighted by Crippen LogP contribution is -2.24. The van der Waals surface area contributed by atoms with Gasteiger partial charge in [0.15, 0.2) is 0 Å². The van der Waals surface area contributed by atoms with Crippen molar-refractivity contribution in [3.63, 3.8) is 0 Å². The van der Waals surface area contributed by atoms with Gasteiger partial charge in [-0.05, 0) is 59.3 Å². The fourth-order valence-corrected chi connectivity index (χ4v) is 2.67. The zero-order valence-electron chi connectivity index (χ0n) is 12.2. The van der Waals surface area contributed by atoms with Gasteiger partial charge in [0, 0.05) is 21.2 Å². The fraction of sp³-hybridized carbons (Fsp3) is 0.294. The minimum atomic E-state index is -0.231. The number of halogens is 2. The van der Waals surface area contributed by atoms with Crippen LogP contribution in [0.25, 0.3) is 0 Å². The largest absolute Gasteiger partial charge is 0.497 e. The van der Waals surface area contributed by atoms with Crippen LogP contribution in [0.1, 0.15) is 24.1 Å². The monoisotopic (exact) mass is 399 g/mol. The van der Waals surface area contributed by atoms with Gasteiger partial charge < -0.3 is 10.1 Å². The minimum absolute atomic E-state index is 0.0408. The third kappa shape index (κ3) is 4.41. The summed E-state index contributed by atoms with van der Waals surface area (Å²) in [6, 6.07) is 13.3. The van der Waals surface area contributed by atoms with Crippen molar-refractivity contribution in [1.82, 2.24) is 5.32 Å². The molecule has 112 valence electrons. The molecule has 0 saturated carbocycles. The molecule has 2 rings (SSSR count). The number of likely N-dealkylation sites (N-methyl/N-ethyl adjacent to an activating group) is 1. The summed E-state index contributed by atoms with van der Waals surface area (Å²) in [5.41, 5.74) is 1.87. The van der Waals surface area contributed by atoms with E-state index in [4.69, 9.17) is 4.74 Å². The molecular weight excluding hydrogens is 380 g/mol. The van der Waals surface area contributed by atoms with Crippen molar-refractivity contribution in [2.24, 2.45) is 0 Å².